The third kappa shape index (κ3) is 1.28. The average Bonchev–Trinajstić information content (AvgIpc) is 2.54. The fourth-order valence-corrected chi connectivity index (χ4v) is 2.99. The Morgan fingerprint density at radius 3 is 3.12 bits per heavy atom. The van der Waals surface area contributed by atoms with Crippen molar-refractivity contribution in [2.24, 2.45) is 0 Å². The van der Waals surface area contributed by atoms with Crippen molar-refractivity contribution < 1.29 is 4.79 Å². The maximum atomic E-state index is 12.2. The molecule has 0 spiro atoms. The number of piperazine rings is 1. The van der Waals surface area contributed by atoms with E-state index in [0.717, 1.165) is 30.8 Å². The molecule has 1 aromatic carbocycles. The summed E-state index contributed by atoms with van der Waals surface area (Å²) in [5.74, 6) is 0.0894. The van der Waals surface area contributed by atoms with Crippen molar-refractivity contribution in [3.63, 3.8) is 0 Å². The molecule has 84 valence electrons. The van der Waals surface area contributed by atoms with Crippen LogP contribution in [0.3, 0.4) is 0 Å². The van der Waals surface area contributed by atoms with Gasteiger partial charge in [0.05, 0.1) is 16.6 Å². The number of benzene rings is 1. The van der Waals surface area contributed by atoms with Crippen LogP contribution in [0.15, 0.2) is 12.1 Å². The number of carbonyl (C=O) groups is 1. The van der Waals surface area contributed by atoms with Crippen molar-refractivity contribution in [1.82, 2.24) is 10.2 Å². The average molecular weight is 237 g/mol. The fourth-order valence-electron chi connectivity index (χ4n) is 2.63. The topological polar surface area (TPSA) is 32.3 Å². The molecule has 3 rings (SSSR count). The molecular weight excluding hydrogens is 224 g/mol. The lowest BCUT2D eigenvalue weighted by Crippen LogP contribution is -2.44. The smallest absolute Gasteiger partial charge is 0.256 e. The number of fused-ring (bicyclic) bond motifs is 3. The highest BCUT2D eigenvalue weighted by Crippen LogP contribution is 2.38. The standard InChI is InChI=1S/C12H13ClN2O/c1-7-4-8-10-6-14-2-3-15(10)12(16)11(8)9(13)5-7/h4-5,10,14H,2-3,6H2,1H3. The van der Waals surface area contributed by atoms with Gasteiger partial charge in [0.15, 0.2) is 0 Å². The minimum Gasteiger partial charge on any atom is -0.329 e. The second-order valence-electron chi connectivity index (χ2n) is 4.43. The predicted molar refractivity (Wildman–Crippen MR) is 62.8 cm³/mol. The Bertz CT molecular complexity index is 472. The van der Waals surface area contributed by atoms with E-state index in [1.54, 1.807) is 0 Å². The molecule has 2 heterocycles. The predicted octanol–water partition coefficient (Wildman–Crippen LogP) is 1.75. The van der Waals surface area contributed by atoms with Crippen LogP contribution in [-0.2, 0) is 0 Å². The highest BCUT2D eigenvalue weighted by Gasteiger charge is 2.39. The minimum atomic E-state index is 0.0894. The van der Waals surface area contributed by atoms with Crippen molar-refractivity contribution >= 4 is 17.5 Å². The molecule has 1 atom stereocenters. The Balaban J connectivity index is 2.17. The lowest BCUT2D eigenvalue weighted by Gasteiger charge is -2.30. The molecule has 1 fully saturated rings. The molecule has 16 heavy (non-hydrogen) atoms. The SMILES string of the molecule is Cc1cc(Cl)c2c(c1)C1CNCCN1C2=O. The zero-order chi connectivity index (χ0) is 11.3. The summed E-state index contributed by atoms with van der Waals surface area (Å²) in [6.45, 7) is 4.48. The Morgan fingerprint density at radius 2 is 2.31 bits per heavy atom. The first kappa shape index (κ1) is 10.1. The van der Waals surface area contributed by atoms with Crippen LogP contribution >= 0.6 is 11.6 Å². The lowest BCUT2D eigenvalue weighted by molar-refractivity contribution is 0.0691. The Morgan fingerprint density at radius 1 is 1.50 bits per heavy atom. The molecule has 1 unspecified atom stereocenters. The summed E-state index contributed by atoms with van der Waals surface area (Å²) in [6.07, 6.45) is 0. The van der Waals surface area contributed by atoms with Crippen molar-refractivity contribution in [3.8, 4) is 0 Å². The number of nitrogens with zero attached hydrogens (tertiary/aromatic N) is 1. The molecule has 1 saturated heterocycles. The highest BCUT2D eigenvalue weighted by atomic mass is 35.5. The number of hydrogen-bond acceptors (Lipinski definition) is 2. The van der Waals surface area contributed by atoms with Crippen LogP contribution in [-0.4, -0.2) is 30.4 Å². The van der Waals surface area contributed by atoms with E-state index >= 15 is 0 Å². The van der Waals surface area contributed by atoms with E-state index in [-0.39, 0.29) is 11.9 Å². The molecule has 0 radical (unpaired) electrons. The molecule has 4 heteroatoms. The van der Waals surface area contributed by atoms with Gasteiger partial charge in [-0.15, -0.1) is 0 Å². The largest absolute Gasteiger partial charge is 0.329 e. The Labute approximate surface area is 99.4 Å². The summed E-state index contributed by atoms with van der Waals surface area (Å²) >= 11 is 6.17. The number of aryl methyl sites for hydroxylation is 1. The summed E-state index contributed by atoms with van der Waals surface area (Å²) in [7, 11) is 0. The van der Waals surface area contributed by atoms with E-state index in [0.29, 0.717) is 10.6 Å². The maximum absolute atomic E-state index is 12.2. The Hall–Kier alpha value is -1.06. The monoisotopic (exact) mass is 236 g/mol. The number of rotatable bonds is 0. The van der Waals surface area contributed by atoms with Crippen molar-refractivity contribution in [3.05, 3.63) is 33.8 Å². The second-order valence-corrected chi connectivity index (χ2v) is 4.84. The molecule has 0 bridgehead atoms. The summed E-state index contributed by atoms with van der Waals surface area (Å²) < 4.78 is 0. The minimum absolute atomic E-state index is 0.0894. The zero-order valence-corrected chi connectivity index (χ0v) is 9.84. The van der Waals surface area contributed by atoms with Crippen molar-refractivity contribution in [2.75, 3.05) is 19.6 Å². The summed E-state index contributed by atoms with van der Waals surface area (Å²) in [5, 5.41) is 3.91. The van der Waals surface area contributed by atoms with Crippen LogP contribution in [0.25, 0.3) is 0 Å². The molecule has 0 aromatic heterocycles. The molecule has 2 aliphatic rings. The molecule has 1 aromatic rings. The summed E-state index contributed by atoms with van der Waals surface area (Å²) in [6, 6.07) is 4.12. The first-order chi connectivity index (χ1) is 7.68. The highest BCUT2D eigenvalue weighted by molar-refractivity contribution is 6.34. The van der Waals surface area contributed by atoms with Crippen LogP contribution in [0.2, 0.25) is 5.02 Å². The van der Waals surface area contributed by atoms with Crippen molar-refractivity contribution in [2.45, 2.75) is 13.0 Å². The summed E-state index contributed by atoms with van der Waals surface area (Å²) in [5.41, 5.74) is 2.91. The summed E-state index contributed by atoms with van der Waals surface area (Å²) in [4.78, 5) is 14.1. The maximum Gasteiger partial charge on any atom is 0.256 e. The van der Waals surface area contributed by atoms with Gasteiger partial charge in [-0.2, -0.15) is 0 Å². The van der Waals surface area contributed by atoms with Gasteiger partial charge in [0.25, 0.3) is 5.91 Å². The van der Waals surface area contributed by atoms with Crippen LogP contribution in [0.5, 0.6) is 0 Å². The van der Waals surface area contributed by atoms with E-state index in [2.05, 4.69) is 11.4 Å². The quantitative estimate of drug-likeness (QED) is 0.745. The zero-order valence-electron chi connectivity index (χ0n) is 9.09. The molecule has 0 aliphatic carbocycles. The number of hydrogen-bond donors (Lipinski definition) is 1. The van der Waals surface area contributed by atoms with Gasteiger partial charge in [-0.1, -0.05) is 17.7 Å². The second kappa shape index (κ2) is 3.47. The number of carbonyl (C=O) groups excluding carboxylic acids is 1. The Kier molecular flexibility index (Phi) is 2.19. The lowest BCUT2D eigenvalue weighted by atomic mass is 10.0. The van der Waals surface area contributed by atoms with Crippen LogP contribution in [0, 0.1) is 6.92 Å². The molecule has 1 amide bonds. The van der Waals surface area contributed by atoms with Crippen LogP contribution < -0.4 is 5.32 Å². The van der Waals surface area contributed by atoms with Gasteiger partial charge < -0.3 is 10.2 Å². The number of amides is 1. The first-order valence-electron chi connectivity index (χ1n) is 5.50. The van der Waals surface area contributed by atoms with Gasteiger partial charge in [0, 0.05) is 19.6 Å². The van der Waals surface area contributed by atoms with Gasteiger partial charge in [-0.3, -0.25) is 4.79 Å². The molecule has 2 aliphatic heterocycles. The number of nitrogens with one attached hydrogen (secondary N) is 1. The number of halogens is 1. The van der Waals surface area contributed by atoms with E-state index in [9.17, 15) is 4.79 Å². The van der Waals surface area contributed by atoms with E-state index in [1.807, 2.05) is 17.9 Å². The van der Waals surface area contributed by atoms with Gasteiger partial charge in [-0.25, -0.2) is 0 Å². The van der Waals surface area contributed by atoms with E-state index in [1.165, 1.54) is 0 Å². The van der Waals surface area contributed by atoms with E-state index in [4.69, 9.17) is 11.6 Å². The van der Waals surface area contributed by atoms with Crippen molar-refractivity contribution in [1.29, 1.82) is 0 Å². The van der Waals surface area contributed by atoms with Gasteiger partial charge in [0.1, 0.15) is 0 Å². The van der Waals surface area contributed by atoms with Gasteiger partial charge in [-0.05, 0) is 24.1 Å². The van der Waals surface area contributed by atoms with Gasteiger partial charge >= 0.3 is 0 Å². The van der Waals surface area contributed by atoms with Gasteiger partial charge in [0.2, 0.25) is 0 Å². The molecular formula is C12H13ClN2O. The molecule has 3 nitrogen and oxygen atoms in total. The first-order valence-corrected chi connectivity index (χ1v) is 5.88. The van der Waals surface area contributed by atoms with Crippen LogP contribution in [0.4, 0.5) is 0 Å². The fraction of sp³-hybridized carbons (Fsp3) is 0.417. The third-order valence-electron chi connectivity index (χ3n) is 3.34. The molecule has 0 saturated carbocycles. The third-order valence-corrected chi connectivity index (χ3v) is 3.64. The van der Waals surface area contributed by atoms with E-state index < -0.39 is 0 Å². The normalized spacial score (nSPS) is 23.2. The molecule has 1 N–H and O–H groups in total. The van der Waals surface area contributed by atoms with Crippen LogP contribution in [0.1, 0.15) is 27.5 Å².